The van der Waals surface area contributed by atoms with Crippen LogP contribution in [0.4, 0.5) is 5.69 Å². The molecule has 1 aliphatic heterocycles. The molecule has 2 heterocycles. The Bertz CT molecular complexity index is 1210. The van der Waals surface area contributed by atoms with Crippen LogP contribution in [0, 0.1) is 6.92 Å². The minimum atomic E-state index is -0.927. The van der Waals surface area contributed by atoms with E-state index < -0.39 is 17.7 Å². The van der Waals surface area contributed by atoms with Crippen LogP contribution in [-0.2, 0) is 9.59 Å². The molecular weight excluding hydrogens is 422 g/mol. The molecule has 4 rings (SSSR count). The van der Waals surface area contributed by atoms with Crippen LogP contribution in [0.3, 0.4) is 0 Å². The maximum atomic E-state index is 13.2. The lowest BCUT2D eigenvalue weighted by Crippen LogP contribution is -2.29. The van der Waals surface area contributed by atoms with Crippen LogP contribution in [0.1, 0.15) is 36.3 Å². The van der Waals surface area contributed by atoms with E-state index in [0.29, 0.717) is 35.1 Å². The molecule has 1 unspecified atom stereocenters. The number of carbonyl (C=O) groups excluding carboxylic acids is 2. The average Bonchev–Trinajstić information content (AvgIpc) is 3.44. The van der Waals surface area contributed by atoms with Crippen molar-refractivity contribution in [2.75, 3.05) is 18.6 Å². The smallest absolute Gasteiger partial charge is 0.300 e. The molecule has 1 atom stereocenters. The van der Waals surface area contributed by atoms with E-state index in [1.54, 1.807) is 54.6 Å². The molecular formula is C26H25NO6. The Labute approximate surface area is 191 Å². The first kappa shape index (κ1) is 22.2. The molecule has 7 nitrogen and oxygen atoms in total. The number of rotatable bonds is 7. The van der Waals surface area contributed by atoms with Gasteiger partial charge in [0.2, 0.25) is 0 Å². The van der Waals surface area contributed by atoms with Crippen molar-refractivity contribution in [3.8, 4) is 11.5 Å². The van der Waals surface area contributed by atoms with Gasteiger partial charge in [-0.25, -0.2) is 0 Å². The first-order valence-corrected chi connectivity index (χ1v) is 10.7. The van der Waals surface area contributed by atoms with Crippen molar-refractivity contribution in [3.63, 3.8) is 0 Å². The lowest BCUT2D eigenvalue weighted by atomic mass is 9.98. The number of ketones is 1. The van der Waals surface area contributed by atoms with Gasteiger partial charge in [-0.3, -0.25) is 14.5 Å². The molecule has 33 heavy (non-hydrogen) atoms. The quantitative estimate of drug-likeness (QED) is 0.311. The number of carbonyl (C=O) groups is 2. The fourth-order valence-electron chi connectivity index (χ4n) is 3.90. The van der Waals surface area contributed by atoms with Gasteiger partial charge in [-0.2, -0.15) is 0 Å². The number of amides is 1. The molecule has 1 fully saturated rings. The number of Topliss-reactive ketones (excluding diaryl/α,β-unsaturated/α-hetero) is 1. The summed E-state index contributed by atoms with van der Waals surface area (Å²) in [5.41, 5.74) is 1.64. The van der Waals surface area contributed by atoms with Crippen LogP contribution in [-0.4, -0.2) is 30.5 Å². The maximum absolute atomic E-state index is 13.2. The SMILES string of the molecule is CCCOc1ccc(/C(O)=C2/C(=O)C(=O)N(c3cccc(OC)c3)C2c2ccco2)cc1C. The predicted octanol–water partition coefficient (Wildman–Crippen LogP) is 5.01. The van der Waals surface area contributed by atoms with Crippen molar-refractivity contribution in [2.45, 2.75) is 26.3 Å². The van der Waals surface area contributed by atoms with Gasteiger partial charge in [0.05, 0.1) is 25.6 Å². The van der Waals surface area contributed by atoms with Crippen molar-refractivity contribution >= 4 is 23.1 Å². The number of furan rings is 1. The lowest BCUT2D eigenvalue weighted by Gasteiger charge is -2.23. The van der Waals surface area contributed by atoms with Gasteiger partial charge in [-0.05, 0) is 61.4 Å². The van der Waals surface area contributed by atoms with E-state index >= 15 is 0 Å². The first-order valence-electron chi connectivity index (χ1n) is 10.7. The second-order valence-corrected chi connectivity index (χ2v) is 7.71. The Morgan fingerprint density at radius 1 is 1.12 bits per heavy atom. The van der Waals surface area contributed by atoms with Gasteiger partial charge >= 0.3 is 0 Å². The normalized spacial score (nSPS) is 17.4. The van der Waals surface area contributed by atoms with Crippen LogP contribution in [0.25, 0.3) is 5.76 Å². The van der Waals surface area contributed by atoms with Crippen molar-refractivity contribution < 1.29 is 28.6 Å². The van der Waals surface area contributed by atoms with E-state index in [1.165, 1.54) is 18.3 Å². The summed E-state index contributed by atoms with van der Waals surface area (Å²) in [5, 5.41) is 11.2. The number of anilines is 1. The standard InChI is InChI=1S/C26H25NO6/c1-4-12-32-20-11-10-17(14-16(20)2)24(28)22-23(21-9-6-13-33-21)27(26(30)25(22)29)18-7-5-8-19(15-18)31-3/h5-11,13-15,23,28H,4,12H2,1-3H3/b24-22-. The van der Waals surface area contributed by atoms with Crippen LogP contribution >= 0.6 is 0 Å². The van der Waals surface area contributed by atoms with E-state index in [4.69, 9.17) is 13.9 Å². The minimum Gasteiger partial charge on any atom is -0.507 e. The fraction of sp³-hybridized carbons (Fsp3) is 0.231. The number of benzene rings is 2. The number of hydrogen-bond donors (Lipinski definition) is 1. The lowest BCUT2D eigenvalue weighted by molar-refractivity contribution is -0.132. The third-order valence-electron chi connectivity index (χ3n) is 5.50. The van der Waals surface area contributed by atoms with Gasteiger partial charge in [0, 0.05) is 17.3 Å². The van der Waals surface area contributed by atoms with Crippen LogP contribution in [0.2, 0.25) is 0 Å². The average molecular weight is 447 g/mol. The van der Waals surface area contributed by atoms with Crippen molar-refractivity contribution in [3.05, 3.63) is 83.3 Å². The van der Waals surface area contributed by atoms with Crippen LogP contribution in [0.5, 0.6) is 11.5 Å². The van der Waals surface area contributed by atoms with Crippen LogP contribution in [0.15, 0.2) is 70.9 Å². The monoisotopic (exact) mass is 447 g/mol. The molecule has 3 aromatic rings. The van der Waals surface area contributed by atoms with Gasteiger partial charge in [0.15, 0.2) is 0 Å². The summed E-state index contributed by atoms with van der Waals surface area (Å²) in [7, 11) is 1.52. The van der Waals surface area contributed by atoms with Gasteiger partial charge in [0.1, 0.15) is 29.1 Å². The fourth-order valence-corrected chi connectivity index (χ4v) is 3.90. The number of aliphatic hydroxyl groups excluding tert-OH is 1. The highest BCUT2D eigenvalue weighted by Crippen LogP contribution is 2.43. The molecule has 1 amide bonds. The molecule has 2 aromatic carbocycles. The van der Waals surface area contributed by atoms with Crippen LogP contribution < -0.4 is 14.4 Å². The number of nitrogens with zero attached hydrogens (tertiary/aromatic N) is 1. The summed E-state index contributed by atoms with van der Waals surface area (Å²) in [6.45, 7) is 4.46. The van der Waals surface area contributed by atoms with E-state index in [0.717, 1.165) is 12.0 Å². The van der Waals surface area contributed by atoms with Gasteiger partial charge in [-0.1, -0.05) is 13.0 Å². The Kier molecular flexibility index (Phi) is 6.22. The molecule has 170 valence electrons. The van der Waals surface area contributed by atoms with Gasteiger partial charge in [0.25, 0.3) is 11.7 Å². The van der Waals surface area contributed by atoms with E-state index in [1.807, 2.05) is 13.8 Å². The molecule has 0 bridgehead atoms. The number of aliphatic hydroxyl groups is 1. The zero-order valence-electron chi connectivity index (χ0n) is 18.7. The molecule has 0 radical (unpaired) electrons. The maximum Gasteiger partial charge on any atom is 0.300 e. The zero-order chi connectivity index (χ0) is 23.5. The second-order valence-electron chi connectivity index (χ2n) is 7.71. The van der Waals surface area contributed by atoms with Crippen molar-refractivity contribution in [1.82, 2.24) is 0 Å². The zero-order valence-corrected chi connectivity index (χ0v) is 18.7. The molecule has 1 aliphatic rings. The first-order chi connectivity index (χ1) is 16.0. The predicted molar refractivity (Wildman–Crippen MR) is 123 cm³/mol. The summed E-state index contributed by atoms with van der Waals surface area (Å²) < 4.78 is 16.6. The molecule has 0 spiro atoms. The Morgan fingerprint density at radius 2 is 1.94 bits per heavy atom. The molecule has 1 aromatic heterocycles. The van der Waals surface area contributed by atoms with E-state index in [9.17, 15) is 14.7 Å². The highest BCUT2D eigenvalue weighted by molar-refractivity contribution is 6.51. The topological polar surface area (TPSA) is 89.2 Å². The number of ether oxygens (including phenoxy) is 2. The number of hydrogen-bond acceptors (Lipinski definition) is 6. The van der Waals surface area contributed by atoms with Gasteiger partial charge < -0.3 is 19.0 Å². The van der Waals surface area contributed by atoms with Crippen molar-refractivity contribution in [1.29, 1.82) is 0 Å². The summed E-state index contributed by atoms with van der Waals surface area (Å²) in [4.78, 5) is 27.6. The Morgan fingerprint density at radius 3 is 2.61 bits per heavy atom. The summed E-state index contributed by atoms with van der Waals surface area (Å²) in [5.74, 6) is -0.228. The molecule has 1 saturated heterocycles. The second kappa shape index (κ2) is 9.24. The van der Waals surface area contributed by atoms with E-state index in [2.05, 4.69) is 0 Å². The largest absolute Gasteiger partial charge is 0.507 e. The molecule has 0 saturated carbocycles. The number of aryl methyl sites for hydroxylation is 1. The van der Waals surface area contributed by atoms with Gasteiger partial charge in [-0.15, -0.1) is 0 Å². The summed E-state index contributed by atoms with van der Waals surface area (Å²) >= 11 is 0. The highest BCUT2D eigenvalue weighted by atomic mass is 16.5. The third kappa shape index (κ3) is 4.09. The molecule has 0 aliphatic carbocycles. The summed E-state index contributed by atoms with van der Waals surface area (Å²) in [6, 6.07) is 14.4. The minimum absolute atomic E-state index is 0.0422. The Balaban J connectivity index is 1.84. The third-order valence-corrected chi connectivity index (χ3v) is 5.50. The van der Waals surface area contributed by atoms with E-state index in [-0.39, 0.29) is 11.3 Å². The highest BCUT2D eigenvalue weighted by Gasteiger charge is 2.48. The molecule has 7 heteroatoms. The number of methoxy groups -OCH3 is 1. The molecule has 1 N–H and O–H groups in total. The summed E-state index contributed by atoms with van der Waals surface area (Å²) in [6.07, 6.45) is 2.34. The van der Waals surface area contributed by atoms with Crippen molar-refractivity contribution in [2.24, 2.45) is 0 Å². The Hall–Kier alpha value is -4.00.